The van der Waals surface area contributed by atoms with Crippen molar-refractivity contribution in [3.63, 3.8) is 0 Å². The molecule has 5 nitrogen and oxygen atoms in total. The number of rotatable bonds is 4. The van der Waals surface area contributed by atoms with E-state index in [0.29, 0.717) is 27.6 Å². The minimum absolute atomic E-state index is 0.0150. The molecule has 150 valence electrons. The number of carbonyl (C=O) groups is 1. The predicted octanol–water partition coefficient (Wildman–Crippen LogP) is 4.84. The summed E-state index contributed by atoms with van der Waals surface area (Å²) in [6, 6.07) is 12.0. The lowest BCUT2D eigenvalue weighted by Gasteiger charge is -2.32. The number of hydrogen-bond acceptors (Lipinski definition) is 3. The molecule has 3 aromatic rings. The quantitative estimate of drug-likeness (QED) is 0.582. The van der Waals surface area contributed by atoms with E-state index in [1.165, 1.54) is 6.07 Å². The third-order valence-corrected chi connectivity index (χ3v) is 5.95. The second-order valence-corrected chi connectivity index (χ2v) is 8.14. The number of nitrogens with one attached hydrogen (secondary N) is 2. The van der Waals surface area contributed by atoms with E-state index in [1.807, 2.05) is 18.2 Å². The van der Waals surface area contributed by atoms with E-state index in [1.54, 1.807) is 22.8 Å². The number of carbonyl (C=O) groups excluding carboxylic acids is 1. The van der Waals surface area contributed by atoms with Gasteiger partial charge < -0.3 is 5.32 Å². The maximum absolute atomic E-state index is 14.2. The lowest BCUT2D eigenvalue weighted by Crippen LogP contribution is -2.37. The molecule has 0 radical (unpaired) electrons. The van der Waals surface area contributed by atoms with Gasteiger partial charge in [-0.2, -0.15) is 5.10 Å². The Morgan fingerprint density at radius 1 is 1.34 bits per heavy atom. The molecule has 8 heteroatoms. The largest absolute Gasteiger partial charge is 0.347 e. The van der Waals surface area contributed by atoms with E-state index < -0.39 is 0 Å². The molecule has 0 fully saturated rings. The van der Waals surface area contributed by atoms with Crippen LogP contribution in [0.5, 0.6) is 0 Å². The molecule has 0 spiro atoms. The van der Waals surface area contributed by atoms with Crippen molar-refractivity contribution in [3.8, 4) is 11.4 Å². The first-order chi connectivity index (χ1) is 13.9. The summed E-state index contributed by atoms with van der Waals surface area (Å²) in [5, 5.41) is 10.7. The number of aromatic nitrogens is 3. The van der Waals surface area contributed by atoms with Crippen LogP contribution in [0, 0.1) is 16.5 Å². The first-order valence-electron chi connectivity index (χ1n) is 9.42. The molecule has 0 bridgehead atoms. The fraction of sp³-hybridized carbons (Fsp3) is 0.286. The van der Waals surface area contributed by atoms with E-state index in [2.05, 4.69) is 22.4 Å². The number of fused-ring (bicyclic) bond motifs is 1. The van der Waals surface area contributed by atoms with Crippen LogP contribution >= 0.6 is 23.8 Å². The van der Waals surface area contributed by atoms with Crippen LogP contribution in [-0.4, -0.2) is 20.7 Å². The number of benzene rings is 2. The molecule has 0 saturated heterocycles. The SMILES string of the molecule is C[C@@H]1CCc2c(F)cccc2[C@H]1NC(=O)Cn1c(-c2ccc(Cl)cc2)n[nH]c1=S. The molecule has 0 unspecified atom stereocenters. The van der Waals surface area contributed by atoms with Gasteiger partial charge in [-0.05, 0) is 72.4 Å². The standard InChI is InChI=1S/C21H20ClFN4OS/c1-12-5-10-15-16(3-2-4-17(15)23)19(12)24-18(28)11-27-20(25-26-21(27)29)13-6-8-14(22)9-7-13/h2-4,6-9,12,19H,5,10-11H2,1H3,(H,24,28)(H,26,29)/t12-,19+/m1/s1. The second kappa shape index (κ2) is 8.08. The first kappa shape index (κ1) is 19.8. The molecule has 1 amide bonds. The Kier molecular flexibility index (Phi) is 5.52. The summed E-state index contributed by atoms with van der Waals surface area (Å²) >= 11 is 11.3. The smallest absolute Gasteiger partial charge is 0.240 e. The number of nitrogens with zero attached hydrogens (tertiary/aromatic N) is 2. The van der Waals surface area contributed by atoms with Crippen molar-refractivity contribution in [2.75, 3.05) is 0 Å². The van der Waals surface area contributed by atoms with Gasteiger partial charge in [0.1, 0.15) is 12.4 Å². The van der Waals surface area contributed by atoms with Crippen LogP contribution in [0.4, 0.5) is 4.39 Å². The van der Waals surface area contributed by atoms with Crippen LogP contribution in [0.2, 0.25) is 5.02 Å². The average Bonchev–Trinajstić information content (AvgIpc) is 3.05. The Hall–Kier alpha value is -2.51. The van der Waals surface area contributed by atoms with E-state index in [9.17, 15) is 9.18 Å². The molecule has 1 aliphatic carbocycles. The van der Waals surface area contributed by atoms with E-state index >= 15 is 0 Å². The highest BCUT2D eigenvalue weighted by Gasteiger charge is 2.29. The highest BCUT2D eigenvalue weighted by atomic mass is 35.5. The number of amides is 1. The average molecular weight is 431 g/mol. The molecule has 2 N–H and O–H groups in total. The van der Waals surface area contributed by atoms with Crippen molar-refractivity contribution >= 4 is 29.7 Å². The van der Waals surface area contributed by atoms with Gasteiger partial charge in [-0.15, -0.1) is 0 Å². The normalized spacial score (nSPS) is 18.3. The zero-order chi connectivity index (χ0) is 20.5. The first-order valence-corrected chi connectivity index (χ1v) is 10.2. The van der Waals surface area contributed by atoms with Gasteiger partial charge in [-0.25, -0.2) is 4.39 Å². The fourth-order valence-corrected chi connectivity index (χ4v) is 4.16. The van der Waals surface area contributed by atoms with Gasteiger partial charge in [0.2, 0.25) is 5.91 Å². The van der Waals surface area contributed by atoms with Crippen LogP contribution < -0.4 is 5.32 Å². The molecule has 0 aliphatic heterocycles. The van der Waals surface area contributed by atoms with Crippen molar-refractivity contribution in [3.05, 3.63) is 69.2 Å². The van der Waals surface area contributed by atoms with Crippen LogP contribution in [-0.2, 0) is 17.8 Å². The lowest BCUT2D eigenvalue weighted by molar-refractivity contribution is -0.122. The van der Waals surface area contributed by atoms with Crippen molar-refractivity contribution in [2.45, 2.75) is 32.4 Å². The van der Waals surface area contributed by atoms with Gasteiger partial charge in [0.15, 0.2) is 10.6 Å². The minimum Gasteiger partial charge on any atom is -0.347 e. The summed E-state index contributed by atoms with van der Waals surface area (Å²) < 4.78 is 16.2. The molecule has 1 aromatic heterocycles. The number of hydrogen-bond donors (Lipinski definition) is 2. The van der Waals surface area contributed by atoms with Gasteiger partial charge in [0, 0.05) is 10.6 Å². The zero-order valence-electron chi connectivity index (χ0n) is 15.8. The summed E-state index contributed by atoms with van der Waals surface area (Å²) in [4.78, 5) is 12.9. The summed E-state index contributed by atoms with van der Waals surface area (Å²) in [6.07, 6.45) is 1.50. The van der Waals surface area contributed by atoms with Crippen LogP contribution in [0.25, 0.3) is 11.4 Å². The number of halogens is 2. The Morgan fingerprint density at radius 2 is 2.10 bits per heavy atom. The van der Waals surface area contributed by atoms with Crippen LogP contribution in [0.1, 0.15) is 30.5 Å². The summed E-state index contributed by atoms with van der Waals surface area (Å²) in [5.74, 6) is 0.355. The predicted molar refractivity (Wildman–Crippen MR) is 113 cm³/mol. The van der Waals surface area contributed by atoms with Crippen LogP contribution in [0.15, 0.2) is 42.5 Å². The second-order valence-electron chi connectivity index (χ2n) is 7.31. The Balaban J connectivity index is 1.57. The van der Waals surface area contributed by atoms with Crippen LogP contribution in [0.3, 0.4) is 0 Å². The monoisotopic (exact) mass is 430 g/mol. The minimum atomic E-state index is -0.234. The Labute approximate surface area is 177 Å². The van der Waals surface area contributed by atoms with E-state index in [4.69, 9.17) is 23.8 Å². The maximum atomic E-state index is 14.2. The number of aromatic amines is 1. The van der Waals surface area contributed by atoms with Crippen molar-refractivity contribution in [1.82, 2.24) is 20.1 Å². The molecular formula is C21H20ClFN4OS. The Morgan fingerprint density at radius 3 is 2.86 bits per heavy atom. The molecule has 1 aliphatic rings. The molecule has 0 saturated carbocycles. The van der Waals surface area contributed by atoms with Gasteiger partial charge in [-0.1, -0.05) is 30.7 Å². The molecular weight excluding hydrogens is 411 g/mol. The summed E-state index contributed by atoms with van der Waals surface area (Å²) in [7, 11) is 0. The van der Waals surface area contributed by atoms with Gasteiger partial charge >= 0.3 is 0 Å². The van der Waals surface area contributed by atoms with Gasteiger partial charge in [0.05, 0.1) is 6.04 Å². The summed E-state index contributed by atoms with van der Waals surface area (Å²) in [5.41, 5.74) is 2.34. The Bertz CT molecular complexity index is 1110. The zero-order valence-corrected chi connectivity index (χ0v) is 17.4. The maximum Gasteiger partial charge on any atom is 0.240 e. The van der Waals surface area contributed by atoms with Crippen molar-refractivity contribution in [2.24, 2.45) is 5.92 Å². The molecule has 4 rings (SSSR count). The third kappa shape index (κ3) is 3.97. The van der Waals surface area contributed by atoms with E-state index in [0.717, 1.165) is 17.5 Å². The molecule has 29 heavy (non-hydrogen) atoms. The highest BCUT2D eigenvalue weighted by Crippen LogP contribution is 2.35. The van der Waals surface area contributed by atoms with Crippen molar-refractivity contribution in [1.29, 1.82) is 0 Å². The van der Waals surface area contributed by atoms with Gasteiger partial charge in [-0.3, -0.25) is 14.5 Å². The topological polar surface area (TPSA) is 62.7 Å². The highest BCUT2D eigenvalue weighted by molar-refractivity contribution is 7.71. The van der Waals surface area contributed by atoms with Crippen molar-refractivity contribution < 1.29 is 9.18 Å². The van der Waals surface area contributed by atoms with Gasteiger partial charge in [0.25, 0.3) is 0 Å². The molecule has 2 aromatic carbocycles. The number of H-pyrrole nitrogens is 1. The summed E-state index contributed by atoms with van der Waals surface area (Å²) in [6.45, 7) is 2.09. The molecule has 2 atom stereocenters. The third-order valence-electron chi connectivity index (χ3n) is 5.39. The lowest BCUT2D eigenvalue weighted by atomic mass is 9.80. The van der Waals surface area contributed by atoms with E-state index in [-0.39, 0.29) is 30.2 Å². The fourth-order valence-electron chi connectivity index (χ4n) is 3.84. The molecule has 1 heterocycles.